The van der Waals surface area contributed by atoms with E-state index in [-0.39, 0.29) is 11.7 Å². The van der Waals surface area contributed by atoms with Crippen LogP contribution in [0, 0.1) is 5.82 Å². The van der Waals surface area contributed by atoms with Gasteiger partial charge in [-0.05, 0) is 17.7 Å². The minimum Gasteiger partial charge on any atom is -0.463 e. The van der Waals surface area contributed by atoms with Crippen LogP contribution in [0.15, 0.2) is 47.1 Å². The lowest BCUT2D eigenvalue weighted by Crippen LogP contribution is -2.27. The van der Waals surface area contributed by atoms with Gasteiger partial charge in [-0.1, -0.05) is 12.1 Å². The predicted molar refractivity (Wildman–Crippen MR) is 77.4 cm³/mol. The van der Waals surface area contributed by atoms with Crippen LogP contribution >= 0.6 is 0 Å². The van der Waals surface area contributed by atoms with Crippen molar-refractivity contribution in [2.75, 3.05) is 7.05 Å². The number of nitrogens with zero attached hydrogens (tertiary/aromatic N) is 2. The Morgan fingerprint density at radius 1 is 1.33 bits per heavy atom. The van der Waals surface area contributed by atoms with Crippen molar-refractivity contribution >= 4 is 17.0 Å². The van der Waals surface area contributed by atoms with Gasteiger partial charge in [0.2, 0.25) is 0 Å². The Bertz CT molecular complexity index is 804. The van der Waals surface area contributed by atoms with Crippen LogP contribution in [-0.4, -0.2) is 22.4 Å². The maximum atomic E-state index is 13.2. The first-order valence-corrected chi connectivity index (χ1v) is 6.59. The average Bonchev–Trinajstić information content (AvgIpc) is 3.01. The molecule has 0 fully saturated rings. The number of furan rings is 1. The van der Waals surface area contributed by atoms with Gasteiger partial charge in [-0.3, -0.25) is 4.79 Å². The van der Waals surface area contributed by atoms with Crippen molar-refractivity contribution in [1.82, 2.24) is 9.47 Å². The maximum absolute atomic E-state index is 13.2. The number of hydrogen-bond acceptors (Lipinski definition) is 2. The number of halogens is 1. The molecule has 21 heavy (non-hydrogen) atoms. The molecule has 0 saturated carbocycles. The summed E-state index contributed by atoms with van der Waals surface area (Å²) in [4.78, 5) is 14.1. The number of carbonyl (C=O) groups is 1. The molecule has 2 aromatic heterocycles. The summed E-state index contributed by atoms with van der Waals surface area (Å²) in [5, 5.41) is 0. The first-order chi connectivity index (χ1) is 10.1. The number of hydrogen-bond donors (Lipinski definition) is 0. The number of amides is 1. The fourth-order valence-electron chi connectivity index (χ4n) is 2.43. The molecule has 3 rings (SSSR count). The second-order valence-electron chi connectivity index (χ2n) is 5.05. The molecule has 1 amide bonds. The third-order valence-electron chi connectivity index (χ3n) is 3.54. The van der Waals surface area contributed by atoms with E-state index in [1.54, 1.807) is 41.0 Å². The topological polar surface area (TPSA) is 38.4 Å². The van der Waals surface area contributed by atoms with Gasteiger partial charge in [0.05, 0.1) is 11.8 Å². The Hall–Kier alpha value is -2.56. The van der Waals surface area contributed by atoms with Crippen LogP contribution in [0.25, 0.3) is 11.1 Å². The lowest BCUT2D eigenvalue weighted by Gasteiger charge is -2.17. The van der Waals surface area contributed by atoms with Gasteiger partial charge in [0.25, 0.3) is 5.91 Å². The number of aromatic nitrogens is 1. The molecule has 1 aromatic carbocycles. The Morgan fingerprint density at radius 2 is 2.14 bits per heavy atom. The number of rotatable bonds is 3. The standard InChI is InChI=1S/C16H15FN2O2/c1-18(10-11-4-3-5-12(17)8-11)16(20)14-9-15-13(19(14)2)6-7-21-15/h3-9H,10H2,1-2H3. The molecule has 0 unspecified atom stereocenters. The molecule has 5 heteroatoms. The van der Waals surface area contributed by atoms with Gasteiger partial charge in [0.1, 0.15) is 11.5 Å². The van der Waals surface area contributed by atoms with Crippen molar-refractivity contribution in [3.05, 3.63) is 59.7 Å². The van der Waals surface area contributed by atoms with Crippen molar-refractivity contribution in [3.8, 4) is 0 Å². The van der Waals surface area contributed by atoms with Crippen LogP contribution in [-0.2, 0) is 13.6 Å². The lowest BCUT2D eigenvalue weighted by molar-refractivity contribution is 0.0776. The van der Waals surface area contributed by atoms with Gasteiger partial charge >= 0.3 is 0 Å². The zero-order valence-electron chi connectivity index (χ0n) is 11.8. The van der Waals surface area contributed by atoms with Crippen LogP contribution in [0.4, 0.5) is 4.39 Å². The fourth-order valence-corrected chi connectivity index (χ4v) is 2.43. The van der Waals surface area contributed by atoms with Crippen molar-refractivity contribution in [2.45, 2.75) is 6.54 Å². The summed E-state index contributed by atoms with van der Waals surface area (Å²) < 4.78 is 20.3. The molecule has 0 aliphatic rings. The first kappa shape index (κ1) is 13.4. The number of fused-ring (bicyclic) bond motifs is 1. The highest BCUT2D eigenvalue weighted by Crippen LogP contribution is 2.21. The summed E-state index contributed by atoms with van der Waals surface area (Å²) in [6.45, 7) is 0.350. The summed E-state index contributed by atoms with van der Waals surface area (Å²) >= 11 is 0. The third kappa shape index (κ3) is 2.42. The van der Waals surface area contributed by atoms with E-state index in [4.69, 9.17) is 4.42 Å². The Kier molecular flexibility index (Phi) is 3.25. The molecule has 108 valence electrons. The number of aryl methyl sites for hydroxylation is 1. The predicted octanol–water partition coefficient (Wildman–Crippen LogP) is 3.18. The van der Waals surface area contributed by atoms with Crippen LogP contribution in [0.1, 0.15) is 16.1 Å². The zero-order chi connectivity index (χ0) is 15.0. The molecule has 0 spiro atoms. The van der Waals surface area contributed by atoms with E-state index in [1.165, 1.54) is 12.1 Å². The van der Waals surface area contributed by atoms with E-state index in [9.17, 15) is 9.18 Å². The minimum absolute atomic E-state index is 0.131. The quantitative estimate of drug-likeness (QED) is 0.741. The minimum atomic E-state index is -0.301. The molecule has 0 aliphatic heterocycles. The molecule has 0 atom stereocenters. The smallest absolute Gasteiger partial charge is 0.270 e. The second-order valence-corrected chi connectivity index (χ2v) is 5.05. The van der Waals surface area contributed by atoms with Crippen molar-refractivity contribution < 1.29 is 13.6 Å². The Morgan fingerprint density at radius 3 is 2.86 bits per heavy atom. The zero-order valence-corrected chi connectivity index (χ0v) is 11.8. The van der Waals surface area contributed by atoms with E-state index in [0.29, 0.717) is 17.8 Å². The van der Waals surface area contributed by atoms with E-state index < -0.39 is 0 Å². The fraction of sp³-hybridized carbons (Fsp3) is 0.188. The van der Waals surface area contributed by atoms with E-state index in [1.807, 2.05) is 13.1 Å². The molecule has 0 aliphatic carbocycles. The summed E-state index contributed by atoms with van der Waals surface area (Å²) in [5.41, 5.74) is 2.85. The normalized spacial score (nSPS) is 11.0. The summed E-state index contributed by atoms with van der Waals surface area (Å²) in [6.07, 6.45) is 1.59. The third-order valence-corrected chi connectivity index (χ3v) is 3.54. The largest absolute Gasteiger partial charge is 0.463 e. The van der Waals surface area contributed by atoms with Gasteiger partial charge < -0.3 is 13.9 Å². The van der Waals surface area contributed by atoms with Gasteiger partial charge in [0.15, 0.2) is 5.58 Å². The molecule has 0 radical (unpaired) electrons. The van der Waals surface area contributed by atoms with Crippen LogP contribution < -0.4 is 0 Å². The van der Waals surface area contributed by atoms with Crippen molar-refractivity contribution in [3.63, 3.8) is 0 Å². The Balaban J connectivity index is 1.84. The van der Waals surface area contributed by atoms with Gasteiger partial charge in [-0.15, -0.1) is 0 Å². The molecule has 0 saturated heterocycles. The van der Waals surface area contributed by atoms with Gasteiger partial charge in [0, 0.05) is 32.8 Å². The monoisotopic (exact) mass is 286 g/mol. The van der Waals surface area contributed by atoms with E-state index in [2.05, 4.69) is 0 Å². The first-order valence-electron chi connectivity index (χ1n) is 6.59. The molecule has 0 N–H and O–H groups in total. The molecule has 4 nitrogen and oxygen atoms in total. The van der Waals surface area contributed by atoms with Crippen molar-refractivity contribution in [1.29, 1.82) is 0 Å². The highest BCUT2D eigenvalue weighted by atomic mass is 19.1. The maximum Gasteiger partial charge on any atom is 0.270 e. The van der Waals surface area contributed by atoms with Gasteiger partial charge in [-0.2, -0.15) is 0 Å². The highest BCUT2D eigenvalue weighted by molar-refractivity contribution is 5.97. The van der Waals surface area contributed by atoms with E-state index >= 15 is 0 Å². The number of benzene rings is 1. The van der Waals surface area contributed by atoms with Crippen molar-refractivity contribution in [2.24, 2.45) is 7.05 Å². The summed E-state index contributed by atoms with van der Waals surface area (Å²) in [6, 6.07) is 9.79. The molecular formula is C16H15FN2O2. The summed E-state index contributed by atoms with van der Waals surface area (Å²) in [7, 11) is 3.52. The molecule has 2 heterocycles. The second kappa shape index (κ2) is 5.09. The molecular weight excluding hydrogens is 271 g/mol. The van der Waals surface area contributed by atoms with Crippen LogP contribution in [0.2, 0.25) is 0 Å². The van der Waals surface area contributed by atoms with Gasteiger partial charge in [-0.25, -0.2) is 4.39 Å². The SMILES string of the molecule is CN(Cc1cccc(F)c1)C(=O)c1cc2occc2n1C. The highest BCUT2D eigenvalue weighted by Gasteiger charge is 2.18. The average molecular weight is 286 g/mol. The molecule has 0 bridgehead atoms. The Labute approximate surface area is 121 Å². The van der Waals surface area contributed by atoms with E-state index in [0.717, 1.165) is 11.1 Å². The van der Waals surface area contributed by atoms with Crippen LogP contribution in [0.3, 0.4) is 0 Å². The lowest BCUT2D eigenvalue weighted by atomic mass is 10.2. The summed E-state index contributed by atoms with van der Waals surface area (Å²) in [5.74, 6) is -0.433. The number of carbonyl (C=O) groups excluding carboxylic acids is 1. The molecule has 3 aromatic rings. The van der Waals surface area contributed by atoms with Crippen LogP contribution in [0.5, 0.6) is 0 Å².